The zero-order valence-corrected chi connectivity index (χ0v) is 19.4. The van der Waals surface area contributed by atoms with Gasteiger partial charge in [0.05, 0.1) is 39.5 Å². The van der Waals surface area contributed by atoms with Crippen molar-refractivity contribution in [1.29, 1.82) is 0 Å². The minimum absolute atomic E-state index is 0.318. The minimum atomic E-state index is -3.74. The summed E-state index contributed by atoms with van der Waals surface area (Å²) in [6, 6.07) is 8.13. The Morgan fingerprint density at radius 2 is 1.77 bits per heavy atom. The zero-order valence-electron chi connectivity index (χ0n) is 17.8. The zero-order chi connectivity index (χ0) is 23.2. The number of carbonyl (C=O) groups excluding carboxylic acids is 1. The van der Waals surface area contributed by atoms with E-state index in [1.165, 1.54) is 27.5 Å². The molecule has 0 aliphatic carbocycles. The molecule has 1 amide bonds. The Morgan fingerprint density at radius 1 is 1.16 bits per heavy atom. The second kappa shape index (κ2) is 10.4. The number of rotatable bonds is 9. The van der Waals surface area contributed by atoms with E-state index >= 15 is 0 Å². The topological polar surface area (TPSA) is 107 Å². The van der Waals surface area contributed by atoms with E-state index in [0.717, 1.165) is 10.6 Å². The van der Waals surface area contributed by atoms with Crippen LogP contribution < -0.4 is 23.9 Å². The number of hydrazone groups is 1. The number of benzene rings is 2. The van der Waals surface area contributed by atoms with E-state index in [4.69, 9.17) is 25.8 Å². The van der Waals surface area contributed by atoms with Crippen molar-refractivity contribution in [2.24, 2.45) is 5.10 Å². The maximum atomic E-state index is 12.4. The first-order valence-electron chi connectivity index (χ1n) is 8.97. The first kappa shape index (κ1) is 24.3. The van der Waals surface area contributed by atoms with Crippen LogP contribution in [0, 0.1) is 6.92 Å². The lowest BCUT2D eigenvalue weighted by Gasteiger charge is -2.23. The van der Waals surface area contributed by atoms with Gasteiger partial charge in [-0.25, -0.2) is 13.8 Å². The van der Waals surface area contributed by atoms with Gasteiger partial charge in [-0.15, -0.1) is 0 Å². The number of sulfonamides is 1. The second-order valence-corrected chi connectivity index (χ2v) is 8.72. The lowest BCUT2D eigenvalue weighted by Crippen LogP contribution is -2.39. The van der Waals surface area contributed by atoms with E-state index in [1.807, 2.05) is 0 Å². The number of carbonyl (C=O) groups is 1. The molecule has 0 heterocycles. The van der Waals surface area contributed by atoms with Crippen LogP contribution in [0.25, 0.3) is 0 Å². The molecular formula is C20H24ClN3O6S. The predicted molar refractivity (Wildman–Crippen MR) is 120 cm³/mol. The second-order valence-electron chi connectivity index (χ2n) is 6.41. The molecule has 0 unspecified atom stereocenters. The summed E-state index contributed by atoms with van der Waals surface area (Å²) in [7, 11) is 0.717. The van der Waals surface area contributed by atoms with E-state index in [2.05, 4.69) is 10.5 Å². The van der Waals surface area contributed by atoms with Crippen molar-refractivity contribution in [2.45, 2.75) is 6.92 Å². The lowest BCUT2D eigenvalue weighted by atomic mass is 10.2. The Bertz CT molecular complexity index is 1060. The largest absolute Gasteiger partial charge is 0.493 e. The Morgan fingerprint density at radius 3 is 2.29 bits per heavy atom. The number of methoxy groups -OCH3 is 3. The molecule has 168 valence electrons. The number of anilines is 1. The van der Waals surface area contributed by atoms with Crippen LogP contribution in [-0.2, 0) is 14.8 Å². The maximum Gasteiger partial charge on any atom is 0.260 e. The predicted octanol–water partition coefficient (Wildman–Crippen LogP) is 2.59. The molecule has 9 nitrogen and oxygen atoms in total. The quantitative estimate of drug-likeness (QED) is 0.447. The highest BCUT2D eigenvalue weighted by molar-refractivity contribution is 7.92. The van der Waals surface area contributed by atoms with Crippen molar-refractivity contribution in [3.05, 3.63) is 46.5 Å². The van der Waals surface area contributed by atoms with Crippen LogP contribution >= 0.6 is 11.6 Å². The van der Waals surface area contributed by atoms with E-state index in [1.54, 1.807) is 37.3 Å². The summed E-state index contributed by atoms with van der Waals surface area (Å²) in [6.07, 6.45) is 2.39. The molecule has 0 bridgehead atoms. The summed E-state index contributed by atoms with van der Waals surface area (Å²) in [5.74, 6) is 0.643. The third-order valence-corrected chi connectivity index (χ3v) is 5.82. The van der Waals surface area contributed by atoms with Gasteiger partial charge in [-0.1, -0.05) is 17.7 Å². The van der Waals surface area contributed by atoms with Gasteiger partial charge in [-0.2, -0.15) is 5.10 Å². The van der Waals surface area contributed by atoms with Crippen LogP contribution in [0.2, 0.25) is 5.02 Å². The molecule has 0 saturated carbocycles. The Kier molecular flexibility index (Phi) is 8.12. The molecule has 0 fully saturated rings. The van der Waals surface area contributed by atoms with Crippen molar-refractivity contribution in [3.63, 3.8) is 0 Å². The van der Waals surface area contributed by atoms with Gasteiger partial charge >= 0.3 is 0 Å². The number of nitrogens with one attached hydrogen (secondary N) is 1. The average Bonchev–Trinajstić information content (AvgIpc) is 2.72. The van der Waals surface area contributed by atoms with Crippen LogP contribution in [0.4, 0.5) is 5.69 Å². The van der Waals surface area contributed by atoms with Crippen molar-refractivity contribution < 1.29 is 27.4 Å². The van der Waals surface area contributed by atoms with Crippen LogP contribution in [0.5, 0.6) is 17.2 Å². The molecule has 0 saturated heterocycles. The Hall–Kier alpha value is -2.98. The lowest BCUT2D eigenvalue weighted by molar-refractivity contribution is -0.119. The standard InChI is InChI=1S/C20H24ClN3O6S/c1-13-15(21)7-6-8-16(13)24(31(5,26)27)12-19(25)23-22-11-14-9-17(28-2)20(30-4)18(10-14)29-3/h6-11H,12H2,1-5H3,(H,23,25)/b22-11-. The molecule has 11 heteroatoms. The summed E-state index contributed by atoms with van der Waals surface area (Å²) in [6.45, 7) is 1.21. The molecule has 0 aliphatic rings. The molecule has 2 aromatic rings. The number of hydrogen-bond donors (Lipinski definition) is 1. The molecule has 31 heavy (non-hydrogen) atoms. The van der Waals surface area contributed by atoms with Gasteiger partial charge in [0.1, 0.15) is 6.54 Å². The van der Waals surface area contributed by atoms with Crippen LogP contribution in [0.15, 0.2) is 35.4 Å². The van der Waals surface area contributed by atoms with Crippen LogP contribution in [-0.4, -0.2) is 54.7 Å². The average molecular weight is 470 g/mol. The molecule has 0 aliphatic heterocycles. The van der Waals surface area contributed by atoms with Gasteiger partial charge in [0, 0.05) is 10.6 Å². The minimum Gasteiger partial charge on any atom is -0.493 e. The smallest absolute Gasteiger partial charge is 0.260 e. The van der Waals surface area contributed by atoms with Crippen molar-refractivity contribution in [3.8, 4) is 17.2 Å². The molecular weight excluding hydrogens is 446 g/mol. The number of amides is 1. The van der Waals surface area contributed by atoms with Gasteiger partial charge in [0.25, 0.3) is 5.91 Å². The fourth-order valence-corrected chi connectivity index (χ4v) is 3.84. The Labute approximate surface area is 186 Å². The normalized spacial score (nSPS) is 11.3. The SMILES string of the molecule is COc1cc(/C=N\NC(=O)CN(c2cccc(Cl)c2C)S(C)(=O)=O)cc(OC)c1OC. The number of nitrogens with zero attached hydrogens (tertiary/aromatic N) is 2. The fourth-order valence-electron chi connectivity index (χ4n) is 2.77. The van der Waals surface area contributed by atoms with E-state index in [9.17, 15) is 13.2 Å². The molecule has 2 aromatic carbocycles. The molecule has 0 aromatic heterocycles. The summed E-state index contributed by atoms with van der Waals surface area (Å²) in [5, 5.41) is 4.29. The fraction of sp³-hybridized carbons (Fsp3) is 0.300. The van der Waals surface area contributed by atoms with Crippen molar-refractivity contribution >= 4 is 39.4 Å². The maximum absolute atomic E-state index is 12.4. The van der Waals surface area contributed by atoms with Crippen molar-refractivity contribution in [1.82, 2.24) is 5.43 Å². The monoisotopic (exact) mass is 469 g/mol. The Balaban J connectivity index is 2.19. The summed E-state index contributed by atoms with van der Waals surface area (Å²) in [5.41, 5.74) is 3.75. The van der Waals surface area contributed by atoms with Gasteiger partial charge in [0.2, 0.25) is 15.8 Å². The summed E-state index contributed by atoms with van der Waals surface area (Å²) >= 11 is 6.09. The number of ether oxygens (including phenoxy) is 3. The van der Waals surface area contributed by atoms with Crippen LogP contribution in [0.1, 0.15) is 11.1 Å². The highest BCUT2D eigenvalue weighted by Crippen LogP contribution is 2.37. The number of hydrogen-bond acceptors (Lipinski definition) is 7. The van der Waals surface area contributed by atoms with Gasteiger partial charge in [0.15, 0.2) is 11.5 Å². The molecule has 0 spiro atoms. The summed E-state index contributed by atoms with van der Waals surface area (Å²) in [4.78, 5) is 12.4. The third-order valence-electron chi connectivity index (χ3n) is 4.29. The first-order chi connectivity index (χ1) is 14.6. The number of halogens is 1. The molecule has 2 rings (SSSR count). The molecule has 1 N–H and O–H groups in total. The van der Waals surface area contributed by atoms with E-state index in [0.29, 0.717) is 39.1 Å². The highest BCUT2D eigenvalue weighted by Gasteiger charge is 2.23. The van der Waals surface area contributed by atoms with Gasteiger partial charge in [-0.3, -0.25) is 9.10 Å². The molecule has 0 atom stereocenters. The third kappa shape index (κ3) is 6.02. The van der Waals surface area contributed by atoms with E-state index < -0.39 is 22.5 Å². The van der Waals surface area contributed by atoms with Crippen LogP contribution in [0.3, 0.4) is 0 Å². The highest BCUT2D eigenvalue weighted by atomic mass is 35.5. The van der Waals surface area contributed by atoms with Gasteiger partial charge < -0.3 is 14.2 Å². The first-order valence-corrected chi connectivity index (χ1v) is 11.2. The van der Waals surface area contributed by atoms with Crippen molar-refractivity contribution in [2.75, 3.05) is 38.4 Å². The van der Waals surface area contributed by atoms with E-state index in [-0.39, 0.29) is 0 Å². The van der Waals surface area contributed by atoms with Gasteiger partial charge in [-0.05, 0) is 36.8 Å². The summed E-state index contributed by atoms with van der Waals surface area (Å²) < 4.78 is 41.3. The molecule has 0 radical (unpaired) electrons.